The van der Waals surface area contributed by atoms with Crippen molar-refractivity contribution in [1.82, 2.24) is 5.32 Å². The molecule has 1 fully saturated rings. The van der Waals surface area contributed by atoms with Crippen LogP contribution in [0, 0.1) is 5.92 Å². The van der Waals surface area contributed by atoms with Gasteiger partial charge >= 0.3 is 0 Å². The van der Waals surface area contributed by atoms with Crippen molar-refractivity contribution in [1.29, 1.82) is 0 Å². The molecule has 2 N–H and O–H groups in total. The van der Waals surface area contributed by atoms with Gasteiger partial charge in [0.15, 0.2) is 0 Å². The van der Waals surface area contributed by atoms with Gasteiger partial charge in [-0.2, -0.15) is 11.8 Å². The fraction of sp³-hybridized carbons (Fsp3) is 1.00. The summed E-state index contributed by atoms with van der Waals surface area (Å²) in [6.45, 7) is 4.58. The minimum atomic E-state index is 0.283. The van der Waals surface area contributed by atoms with Gasteiger partial charge in [0.1, 0.15) is 0 Å². The summed E-state index contributed by atoms with van der Waals surface area (Å²) >= 11 is 1.99. The summed E-state index contributed by atoms with van der Waals surface area (Å²) in [5.74, 6) is 0.356. The van der Waals surface area contributed by atoms with Gasteiger partial charge in [-0.1, -0.05) is 19.8 Å². The molecule has 1 aliphatic rings. The van der Waals surface area contributed by atoms with Gasteiger partial charge in [-0.05, 0) is 31.9 Å². The molecule has 0 aromatic carbocycles. The molecule has 4 unspecified atom stereocenters. The number of hydrogen-bond acceptors (Lipinski definition) is 3. The lowest BCUT2D eigenvalue weighted by molar-refractivity contribution is 0.195. The lowest BCUT2D eigenvalue weighted by Crippen LogP contribution is -2.47. The Bertz CT molecular complexity index is 177. The van der Waals surface area contributed by atoms with Gasteiger partial charge in [0, 0.05) is 23.9 Å². The fourth-order valence-electron chi connectivity index (χ4n) is 2.23. The highest BCUT2D eigenvalue weighted by Gasteiger charge is 2.26. The largest absolute Gasteiger partial charge is 0.396 e. The first-order valence-electron chi connectivity index (χ1n) is 6.08. The molecule has 4 atom stereocenters. The molecule has 3 heteroatoms. The van der Waals surface area contributed by atoms with Gasteiger partial charge in [-0.3, -0.25) is 0 Å². The quantitative estimate of drug-likeness (QED) is 0.761. The van der Waals surface area contributed by atoms with E-state index in [4.69, 9.17) is 5.11 Å². The molecule has 0 spiro atoms. The highest BCUT2D eigenvalue weighted by molar-refractivity contribution is 7.99. The maximum Gasteiger partial charge on any atom is 0.0471 e. The number of nitrogens with one attached hydrogen (secondary N) is 1. The Morgan fingerprint density at radius 1 is 1.33 bits per heavy atom. The summed E-state index contributed by atoms with van der Waals surface area (Å²) in [5, 5.41) is 13.6. The summed E-state index contributed by atoms with van der Waals surface area (Å²) in [6, 6.07) is 1.07. The Hall–Kier alpha value is 0.270. The first-order chi connectivity index (χ1) is 7.19. The molecule has 0 aromatic rings. The van der Waals surface area contributed by atoms with Crippen LogP contribution in [0.2, 0.25) is 0 Å². The van der Waals surface area contributed by atoms with Gasteiger partial charge in [-0.25, -0.2) is 0 Å². The third-order valence-electron chi connectivity index (χ3n) is 3.62. The smallest absolute Gasteiger partial charge is 0.0471 e. The van der Waals surface area contributed by atoms with Gasteiger partial charge in [0.25, 0.3) is 0 Å². The molecule has 90 valence electrons. The van der Waals surface area contributed by atoms with Crippen LogP contribution in [-0.4, -0.2) is 35.3 Å². The molecule has 15 heavy (non-hydrogen) atoms. The molecule has 1 aliphatic carbocycles. The molecule has 0 radical (unpaired) electrons. The molecule has 0 bridgehead atoms. The van der Waals surface area contributed by atoms with Crippen LogP contribution in [0.15, 0.2) is 0 Å². The molecule has 0 amide bonds. The van der Waals surface area contributed by atoms with E-state index in [9.17, 15) is 0 Å². The number of thioether (sulfide) groups is 1. The highest BCUT2D eigenvalue weighted by atomic mass is 32.2. The van der Waals surface area contributed by atoms with Crippen LogP contribution < -0.4 is 5.32 Å². The van der Waals surface area contributed by atoms with Crippen LogP contribution in [0.5, 0.6) is 0 Å². The SMILES string of the molecule is CSC1CCCCC1NC(C)C(C)CO. The number of hydrogen-bond donors (Lipinski definition) is 2. The standard InChI is InChI=1S/C12H25NOS/c1-9(8-14)10(2)13-11-6-4-5-7-12(11)15-3/h9-14H,4-8H2,1-3H3. The first-order valence-corrected chi connectivity index (χ1v) is 7.37. The summed E-state index contributed by atoms with van der Waals surface area (Å²) in [5.41, 5.74) is 0. The summed E-state index contributed by atoms with van der Waals surface area (Å²) in [4.78, 5) is 0. The normalized spacial score (nSPS) is 31.2. The van der Waals surface area contributed by atoms with Gasteiger partial charge in [-0.15, -0.1) is 0 Å². The lowest BCUT2D eigenvalue weighted by Gasteiger charge is -2.34. The molecule has 2 nitrogen and oxygen atoms in total. The minimum Gasteiger partial charge on any atom is -0.396 e. The summed E-state index contributed by atoms with van der Waals surface area (Å²) in [7, 11) is 0. The predicted octanol–water partition coefficient (Wildman–Crippen LogP) is 2.27. The van der Waals surface area contributed by atoms with Gasteiger partial charge in [0.2, 0.25) is 0 Å². The Labute approximate surface area is 98.2 Å². The van der Waals surface area contributed by atoms with E-state index in [1.807, 2.05) is 11.8 Å². The van der Waals surface area contributed by atoms with Crippen molar-refractivity contribution in [3.63, 3.8) is 0 Å². The van der Waals surface area contributed by atoms with Crippen LogP contribution in [0.1, 0.15) is 39.5 Å². The number of rotatable bonds is 5. The van der Waals surface area contributed by atoms with E-state index in [0.717, 1.165) is 5.25 Å². The lowest BCUT2D eigenvalue weighted by atomic mass is 9.93. The average Bonchev–Trinajstić information content (AvgIpc) is 2.28. The second-order valence-corrected chi connectivity index (χ2v) is 5.86. The molecule has 0 saturated heterocycles. The van der Waals surface area contributed by atoms with Crippen molar-refractivity contribution in [2.24, 2.45) is 5.92 Å². The Balaban J connectivity index is 2.40. The molecular formula is C12H25NOS. The monoisotopic (exact) mass is 231 g/mol. The molecule has 1 saturated carbocycles. The molecule has 0 heterocycles. The highest BCUT2D eigenvalue weighted by Crippen LogP contribution is 2.27. The Kier molecular flexibility index (Phi) is 6.02. The van der Waals surface area contributed by atoms with Crippen molar-refractivity contribution in [3.8, 4) is 0 Å². The van der Waals surface area contributed by atoms with Crippen molar-refractivity contribution >= 4 is 11.8 Å². The molecule has 1 rings (SSSR count). The van der Waals surface area contributed by atoms with Gasteiger partial charge < -0.3 is 10.4 Å². The van der Waals surface area contributed by atoms with Crippen LogP contribution in [0.3, 0.4) is 0 Å². The average molecular weight is 231 g/mol. The van der Waals surface area contributed by atoms with E-state index in [1.165, 1.54) is 25.7 Å². The maximum atomic E-state index is 9.11. The molecule has 0 aliphatic heterocycles. The van der Waals surface area contributed by atoms with E-state index in [2.05, 4.69) is 25.4 Å². The topological polar surface area (TPSA) is 32.3 Å². The van der Waals surface area contributed by atoms with Crippen molar-refractivity contribution in [3.05, 3.63) is 0 Å². The van der Waals surface area contributed by atoms with Crippen LogP contribution in [-0.2, 0) is 0 Å². The second kappa shape index (κ2) is 6.77. The maximum absolute atomic E-state index is 9.11. The van der Waals surface area contributed by atoms with E-state index in [0.29, 0.717) is 18.0 Å². The van der Waals surface area contributed by atoms with E-state index in [1.54, 1.807) is 0 Å². The van der Waals surface area contributed by atoms with Crippen molar-refractivity contribution in [2.45, 2.75) is 56.9 Å². The van der Waals surface area contributed by atoms with Crippen molar-refractivity contribution < 1.29 is 5.11 Å². The zero-order valence-electron chi connectivity index (χ0n) is 10.2. The zero-order chi connectivity index (χ0) is 11.3. The van der Waals surface area contributed by atoms with Gasteiger partial charge in [0.05, 0.1) is 0 Å². The van der Waals surface area contributed by atoms with E-state index < -0.39 is 0 Å². The van der Waals surface area contributed by atoms with Crippen LogP contribution in [0.25, 0.3) is 0 Å². The third-order valence-corrected chi connectivity index (χ3v) is 4.79. The number of aliphatic hydroxyl groups excluding tert-OH is 1. The van der Waals surface area contributed by atoms with Crippen LogP contribution >= 0.6 is 11.8 Å². The predicted molar refractivity (Wildman–Crippen MR) is 68.4 cm³/mol. The van der Waals surface area contributed by atoms with Crippen LogP contribution in [0.4, 0.5) is 0 Å². The first kappa shape index (κ1) is 13.3. The minimum absolute atomic E-state index is 0.283. The summed E-state index contributed by atoms with van der Waals surface area (Å²) in [6.07, 6.45) is 7.60. The Morgan fingerprint density at radius 2 is 2.00 bits per heavy atom. The van der Waals surface area contributed by atoms with E-state index in [-0.39, 0.29) is 6.61 Å². The molecular weight excluding hydrogens is 206 g/mol. The third kappa shape index (κ3) is 3.97. The van der Waals surface area contributed by atoms with Crippen molar-refractivity contribution in [2.75, 3.05) is 12.9 Å². The van der Waals surface area contributed by atoms with E-state index >= 15 is 0 Å². The fourth-order valence-corrected chi connectivity index (χ4v) is 3.18. The summed E-state index contributed by atoms with van der Waals surface area (Å²) < 4.78 is 0. The Morgan fingerprint density at radius 3 is 2.60 bits per heavy atom. The number of aliphatic hydroxyl groups is 1. The molecule has 0 aromatic heterocycles. The second-order valence-electron chi connectivity index (χ2n) is 4.78. The zero-order valence-corrected chi connectivity index (χ0v) is 11.0.